The van der Waals surface area contributed by atoms with Crippen molar-refractivity contribution in [2.75, 3.05) is 13.7 Å². The highest BCUT2D eigenvalue weighted by atomic mass is 16.3. The van der Waals surface area contributed by atoms with Gasteiger partial charge in [0.05, 0.1) is 12.6 Å². The highest BCUT2D eigenvalue weighted by Crippen LogP contribution is 2.35. The highest BCUT2D eigenvalue weighted by molar-refractivity contribution is 5.59. The maximum atomic E-state index is 10.9. The summed E-state index contributed by atoms with van der Waals surface area (Å²) >= 11 is 0. The quantitative estimate of drug-likeness (QED) is 0.772. The Hall–Kier alpha value is -1.19. The Morgan fingerprint density at radius 2 is 2.12 bits per heavy atom. The minimum absolute atomic E-state index is 0.0533. The van der Waals surface area contributed by atoms with E-state index in [1.807, 2.05) is 30.1 Å². The number of carbonyl (C=O) groups excluding carboxylic acids is 1. The first-order valence-electron chi connectivity index (χ1n) is 5.61. The number of aliphatic hydroxyl groups is 1. The van der Waals surface area contributed by atoms with Crippen LogP contribution < -0.4 is 0 Å². The first kappa shape index (κ1) is 11.3. The molecule has 86 valence electrons. The molecule has 1 fully saturated rings. The maximum Gasteiger partial charge on any atom is 0.137 e. The average molecular weight is 219 g/mol. The van der Waals surface area contributed by atoms with Gasteiger partial charge in [0.1, 0.15) is 6.29 Å². The first-order chi connectivity index (χ1) is 7.77. The molecule has 0 aliphatic carbocycles. The van der Waals surface area contributed by atoms with Crippen LogP contribution >= 0.6 is 0 Å². The van der Waals surface area contributed by atoms with Gasteiger partial charge in [0, 0.05) is 12.0 Å². The summed E-state index contributed by atoms with van der Waals surface area (Å²) in [7, 11) is 1.91. The lowest BCUT2D eigenvalue weighted by Crippen LogP contribution is -2.36. The van der Waals surface area contributed by atoms with Crippen molar-refractivity contribution < 1.29 is 9.90 Å². The van der Waals surface area contributed by atoms with Crippen molar-refractivity contribution in [2.45, 2.75) is 24.4 Å². The van der Waals surface area contributed by atoms with Crippen LogP contribution in [0.3, 0.4) is 0 Å². The van der Waals surface area contributed by atoms with Crippen molar-refractivity contribution in [2.24, 2.45) is 0 Å². The average Bonchev–Trinajstić information content (AvgIpc) is 2.66. The predicted octanol–water partition coefficient (Wildman–Crippen LogP) is 1.03. The summed E-state index contributed by atoms with van der Waals surface area (Å²) in [6, 6.07) is 10.1. The van der Waals surface area contributed by atoms with Crippen molar-refractivity contribution >= 4 is 6.29 Å². The molecule has 3 unspecified atom stereocenters. The predicted molar refractivity (Wildman–Crippen MR) is 62.3 cm³/mol. The van der Waals surface area contributed by atoms with Gasteiger partial charge in [-0.05, 0) is 19.0 Å². The van der Waals surface area contributed by atoms with Crippen molar-refractivity contribution in [1.29, 1.82) is 0 Å². The van der Waals surface area contributed by atoms with Crippen LogP contribution in [0.2, 0.25) is 0 Å². The number of aliphatic hydroxyl groups excluding tert-OH is 1. The van der Waals surface area contributed by atoms with Crippen LogP contribution in [0.15, 0.2) is 30.3 Å². The second-order valence-electron chi connectivity index (χ2n) is 4.37. The third-order valence-corrected chi connectivity index (χ3v) is 3.58. The Balaban J connectivity index is 2.25. The summed E-state index contributed by atoms with van der Waals surface area (Å²) in [6.07, 6.45) is 1.78. The molecule has 0 bridgehead atoms. The van der Waals surface area contributed by atoms with E-state index in [9.17, 15) is 9.90 Å². The van der Waals surface area contributed by atoms with Gasteiger partial charge in [-0.2, -0.15) is 0 Å². The van der Waals surface area contributed by atoms with Crippen LogP contribution in [0.25, 0.3) is 0 Å². The summed E-state index contributed by atoms with van der Waals surface area (Å²) in [4.78, 5) is 12.9. The van der Waals surface area contributed by atoms with Gasteiger partial charge < -0.3 is 9.90 Å². The minimum Gasteiger partial charge on any atom is -0.395 e. The number of carbonyl (C=O) groups is 1. The Kier molecular flexibility index (Phi) is 3.36. The molecule has 1 heterocycles. The Morgan fingerprint density at radius 3 is 2.69 bits per heavy atom. The summed E-state index contributed by atoms with van der Waals surface area (Å²) in [5, 5.41) is 9.42. The molecule has 1 saturated heterocycles. The lowest BCUT2D eigenvalue weighted by atomic mass is 9.91. The van der Waals surface area contributed by atoms with Gasteiger partial charge >= 0.3 is 0 Å². The lowest BCUT2D eigenvalue weighted by Gasteiger charge is -2.24. The molecule has 0 spiro atoms. The van der Waals surface area contributed by atoms with Crippen molar-refractivity contribution in [1.82, 2.24) is 4.90 Å². The number of likely N-dealkylation sites (tertiary alicyclic amines) is 1. The summed E-state index contributed by atoms with van der Waals surface area (Å²) in [5.41, 5.74) is 1.21. The van der Waals surface area contributed by atoms with Gasteiger partial charge in [-0.25, -0.2) is 0 Å². The zero-order valence-corrected chi connectivity index (χ0v) is 9.41. The molecule has 1 aromatic carbocycles. The molecule has 0 radical (unpaired) electrons. The molecule has 0 saturated carbocycles. The van der Waals surface area contributed by atoms with Gasteiger partial charge in [0.25, 0.3) is 0 Å². The number of benzene rings is 1. The molecule has 1 aliphatic heterocycles. The van der Waals surface area contributed by atoms with Crippen LogP contribution in [0.4, 0.5) is 0 Å². The van der Waals surface area contributed by atoms with Crippen LogP contribution in [0, 0.1) is 0 Å². The molecule has 1 N–H and O–H groups in total. The zero-order chi connectivity index (χ0) is 11.5. The number of hydrogen-bond donors (Lipinski definition) is 1. The van der Waals surface area contributed by atoms with Crippen molar-refractivity contribution in [3.63, 3.8) is 0 Å². The Morgan fingerprint density at radius 1 is 1.44 bits per heavy atom. The number of likely N-dealkylation sites (N-methyl/N-ethyl adjacent to an activating group) is 1. The molecular formula is C13H17NO2. The van der Waals surface area contributed by atoms with Gasteiger partial charge in [0.15, 0.2) is 0 Å². The standard InChI is InChI=1S/C13H17NO2/c1-14-11(8-15)7-12(13(14)9-16)10-5-3-2-4-6-10/h2-6,8,11-13,16H,7,9H2,1H3. The molecule has 1 aromatic rings. The summed E-state index contributed by atoms with van der Waals surface area (Å²) in [5.74, 6) is 0.256. The third-order valence-electron chi connectivity index (χ3n) is 3.58. The van der Waals surface area contributed by atoms with E-state index in [1.165, 1.54) is 5.56 Å². The Bertz CT molecular complexity index is 352. The van der Waals surface area contributed by atoms with E-state index in [0.717, 1.165) is 12.7 Å². The van der Waals surface area contributed by atoms with E-state index >= 15 is 0 Å². The molecule has 3 heteroatoms. The molecule has 3 atom stereocenters. The van der Waals surface area contributed by atoms with Crippen LogP contribution in [-0.4, -0.2) is 42.0 Å². The summed E-state index contributed by atoms with van der Waals surface area (Å²) in [6.45, 7) is 0.0976. The zero-order valence-electron chi connectivity index (χ0n) is 9.41. The maximum absolute atomic E-state index is 10.9. The summed E-state index contributed by atoms with van der Waals surface area (Å²) < 4.78 is 0. The van der Waals surface area contributed by atoms with E-state index in [4.69, 9.17) is 0 Å². The fourth-order valence-electron chi connectivity index (χ4n) is 2.58. The molecule has 2 rings (SSSR count). The molecule has 1 aliphatic rings. The van der Waals surface area contributed by atoms with E-state index < -0.39 is 0 Å². The van der Waals surface area contributed by atoms with E-state index in [1.54, 1.807) is 0 Å². The van der Waals surface area contributed by atoms with E-state index in [2.05, 4.69) is 12.1 Å². The minimum atomic E-state index is -0.0673. The number of hydrogen-bond acceptors (Lipinski definition) is 3. The Labute approximate surface area is 95.7 Å². The second-order valence-corrected chi connectivity index (χ2v) is 4.37. The molecule has 0 amide bonds. The number of nitrogens with zero attached hydrogens (tertiary/aromatic N) is 1. The van der Waals surface area contributed by atoms with E-state index in [-0.39, 0.29) is 24.6 Å². The lowest BCUT2D eigenvalue weighted by molar-refractivity contribution is -0.111. The van der Waals surface area contributed by atoms with Gasteiger partial charge in [0.2, 0.25) is 0 Å². The SMILES string of the molecule is CN1C(C=O)CC(c2ccccc2)C1CO. The molecule has 0 aromatic heterocycles. The van der Waals surface area contributed by atoms with Crippen LogP contribution in [0.1, 0.15) is 17.9 Å². The van der Waals surface area contributed by atoms with E-state index in [0.29, 0.717) is 0 Å². The normalized spacial score (nSPS) is 30.5. The van der Waals surface area contributed by atoms with Crippen LogP contribution in [-0.2, 0) is 4.79 Å². The largest absolute Gasteiger partial charge is 0.395 e. The topological polar surface area (TPSA) is 40.5 Å². The fraction of sp³-hybridized carbons (Fsp3) is 0.462. The molecule has 3 nitrogen and oxygen atoms in total. The number of rotatable bonds is 3. The second kappa shape index (κ2) is 4.76. The molecular weight excluding hydrogens is 202 g/mol. The fourth-order valence-corrected chi connectivity index (χ4v) is 2.58. The van der Waals surface area contributed by atoms with Gasteiger partial charge in [-0.1, -0.05) is 30.3 Å². The molecule has 16 heavy (non-hydrogen) atoms. The van der Waals surface area contributed by atoms with Gasteiger partial charge in [-0.15, -0.1) is 0 Å². The monoisotopic (exact) mass is 219 g/mol. The van der Waals surface area contributed by atoms with Crippen molar-refractivity contribution in [3.8, 4) is 0 Å². The third kappa shape index (κ3) is 1.88. The van der Waals surface area contributed by atoms with Crippen LogP contribution in [0.5, 0.6) is 0 Å². The smallest absolute Gasteiger partial charge is 0.137 e. The number of aldehydes is 1. The first-order valence-corrected chi connectivity index (χ1v) is 5.61. The van der Waals surface area contributed by atoms with Crippen molar-refractivity contribution in [3.05, 3.63) is 35.9 Å². The highest BCUT2D eigenvalue weighted by Gasteiger charge is 2.38. The van der Waals surface area contributed by atoms with Gasteiger partial charge in [-0.3, -0.25) is 4.90 Å².